The number of hydrogen-bond donors (Lipinski definition) is 0. The van der Waals surface area contributed by atoms with Crippen molar-refractivity contribution < 1.29 is 28.6 Å². The largest absolute Gasteiger partial charge is 0.462 e. The van der Waals surface area contributed by atoms with Gasteiger partial charge in [-0.3, -0.25) is 14.4 Å². The van der Waals surface area contributed by atoms with Crippen molar-refractivity contribution in [1.29, 1.82) is 0 Å². The molecule has 0 aromatic heterocycles. The van der Waals surface area contributed by atoms with Crippen LogP contribution in [0.1, 0.15) is 213 Å². The van der Waals surface area contributed by atoms with Gasteiger partial charge in [-0.25, -0.2) is 0 Å². The Balaban J connectivity index is 4.47. The van der Waals surface area contributed by atoms with Crippen molar-refractivity contribution in [3.63, 3.8) is 0 Å². The normalized spacial score (nSPS) is 12.9. The first-order valence-corrected chi connectivity index (χ1v) is 24.7. The summed E-state index contributed by atoms with van der Waals surface area (Å²) in [5.74, 6) is -0.970. The molecule has 0 aliphatic rings. The third kappa shape index (κ3) is 47.2. The van der Waals surface area contributed by atoms with Gasteiger partial charge in [-0.05, 0) is 109 Å². The second kappa shape index (κ2) is 49.0. The van der Waals surface area contributed by atoms with Crippen LogP contribution in [0, 0.1) is 0 Å². The summed E-state index contributed by atoms with van der Waals surface area (Å²) in [7, 11) is 0. The van der Waals surface area contributed by atoms with E-state index >= 15 is 0 Å². The van der Waals surface area contributed by atoms with Crippen LogP contribution in [0.2, 0.25) is 0 Å². The fourth-order valence-electron chi connectivity index (χ4n) is 6.37. The predicted octanol–water partition coefficient (Wildman–Crippen LogP) is 16.2. The molecule has 0 N–H and O–H groups in total. The van der Waals surface area contributed by atoms with Gasteiger partial charge in [0.15, 0.2) is 6.10 Å². The van der Waals surface area contributed by atoms with Gasteiger partial charge in [-0.1, -0.05) is 182 Å². The van der Waals surface area contributed by atoms with Crippen molar-refractivity contribution in [2.45, 2.75) is 219 Å². The summed E-state index contributed by atoms with van der Waals surface area (Å²) in [5, 5.41) is 0. The van der Waals surface area contributed by atoms with Crippen LogP contribution in [0.3, 0.4) is 0 Å². The van der Waals surface area contributed by atoms with Crippen LogP contribution < -0.4 is 0 Å². The van der Waals surface area contributed by atoms with Crippen LogP contribution in [0.5, 0.6) is 0 Å². The molecule has 6 heteroatoms. The Morgan fingerprint density at radius 1 is 0.344 bits per heavy atom. The van der Waals surface area contributed by atoms with Gasteiger partial charge in [0, 0.05) is 19.3 Å². The fourth-order valence-corrected chi connectivity index (χ4v) is 6.37. The Morgan fingerprint density at radius 2 is 0.639 bits per heavy atom. The third-order valence-electron chi connectivity index (χ3n) is 10.1. The lowest BCUT2D eigenvalue weighted by Crippen LogP contribution is -2.30. The number of allylic oxidation sites excluding steroid dienone is 16. The molecule has 0 saturated heterocycles. The zero-order valence-electron chi connectivity index (χ0n) is 39.4. The number of esters is 3. The van der Waals surface area contributed by atoms with Crippen LogP contribution >= 0.6 is 0 Å². The van der Waals surface area contributed by atoms with E-state index in [9.17, 15) is 14.4 Å². The molecule has 0 rings (SSSR count). The summed E-state index contributed by atoms with van der Waals surface area (Å²) >= 11 is 0. The van der Waals surface area contributed by atoms with Crippen LogP contribution in [0.4, 0.5) is 0 Å². The summed E-state index contributed by atoms with van der Waals surface area (Å²) in [6.45, 7) is 6.31. The second-order valence-electron chi connectivity index (χ2n) is 16.0. The van der Waals surface area contributed by atoms with E-state index in [0.717, 1.165) is 116 Å². The smallest absolute Gasteiger partial charge is 0.306 e. The molecule has 0 spiro atoms. The average Bonchev–Trinajstić information content (AvgIpc) is 3.26. The summed E-state index contributed by atoms with van der Waals surface area (Å²) in [4.78, 5) is 37.9. The summed E-state index contributed by atoms with van der Waals surface area (Å²) < 4.78 is 16.7. The second-order valence-corrected chi connectivity index (χ2v) is 16.0. The molecule has 0 saturated carbocycles. The van der Waals surface area contributed by atoms with Crippen LogP contribution in [0.15, 0.2) is 97.2 Å². The Bertz CT molecular complexity index is 1250. The number of carbonyl (C=O) groups is 3. The van der Waals surface area contributed by atoms with Crippen molar-refractivity contribution in [3.8, 4) is 0 Å². The lowest BCUT2D eigenvalue weighted by molar-refractivity contribution is -0.167. The lowest BCUT2D eigenvalue weighted by atomic mass is 10.1. The maximum Gasteiger partial charge on any atom is 0.306 e. The molecule has 6 nitrogen and oxygen atoms in total. The van der Waals surface area contributed by atoms with Crippen LogP contribution in [-0.4, -0.2) is 37.2 Å². The van der Waals surface area contributed by atoms with Gasteiger partial charge < -0.3 is 14.2 Å². The standard InChI is InChI=1S/C55H90O6/c1-4-7-10-13-16-19-22-24-26-27-29-30-33-36-39-42-45-48-54(57)60-51-52(50-59-53(56)47-44-41-38-35-32-21-18-15-12-9-6-3)61-55(58)49-46-43-40-37-34-31-28-25-23-20-17-14-11-8-5-2/h7-8,10-11,15-20,24-26,28,34,37,52H,4-6,9,12-14,21-23,27,29-33,35-36,38-51H2,1-3H3/b10-7-,11-8-,18-15-,19-16-,20-17-,26-24-,28-25-,37-34-. The summed E-state index contributed by atoms with van der Waals surface area (Å²) in [6, 6.07) is 0. The van der Waals surface area contributed by atoms with Crippen molar-refractivity contribution >= 4 is 17.9 Å². The van der Waals surface area contributed by atoms with E-state index in [2.05, 4.69) is 118 Å². The number of hydrogen-bond acceptors (Lipinski definition) is 6. The van der Waals surface area contributed by atoms with E-state index in [0.29, 0.717) is 19.3 Å². The molecule has 1 atom stereocenters. The molecular weight excluding hydrogens is 757 g/mol. The third-order valence-corrected chi connectivity index (χ3v) is 10.1. The highest BCUT2D eigenvalue weighted by Crippen LogP contribution is 2.13. The van der Waals surface area contributed by atoms with E-state index in [1.54, 1.807) is 0 Å². The Hall–Kier alpha value is -3.67. The van der Waals surface area contributed by atoms with Gasteiger partial charge >= 0.3 is 17.9 Å². The molecule has 0 fully saturated rings. The van der Waals surface area contributed by atoms with Gasteiger partial charge in [0.1, 0.15) is 13.2 Å². The Morgan fingerprint density at radius 3 is 1.05 bits per heavy atom. The maximum atomic E-state index is 12.8. The maximum absolute atomic E-state index is 12.8. The van der Waals surface area contributed by atoms with Crippen molar-refractivity contribution in [3.05, 3.63) is 97.2 Å². The molecule has 0 amide bonds. The quantitative estimate of drug-likeness (QED) is 0.0263. The molecule has 0 radical (unpaired) electrons. The van der Waals surface area contributed by atoms with E-state index in [-0.39, 0.29) is 37.5 Å². The minimum absolute atomic E-state index is 0.103. The van der Waals surface area contributed by atoms with Crippen molar-refractivity contribution in [1.82, 2.24) is 0 Å². The topological polar surface area (TPSA) is 78.9 Å². The van der Waals surface area contributed by atoms with Crippen LogP contribution in [-0.2, 0) is 28.6 Å². The first kappa shape index (κ1) is 57.3. The fraction of sp³-hybridized carbons (Fsp3) is 0.655. The summed E-state index contributed by atoms with van der Waals surface area (Å²) in [5.41, 5.74) is 0. The van der Waals surface area contributed by atoms with E-state index in [4.69, 9.17) is 14.2 Å². The SMILES string of the molecule is CC/C=C\C/C=C\C/C=C\C/C=C\CCCCC(=O)OC(COC(=O)CCCCCCC/C=C\CCCC)COC(=O)CCCCCCCCC/C=C\C/C=C\C/C=C\CC. The number of carbonyl (C=O) groups excluding carboxylic acids is 3. The molecule has 346 valence electrons. The van der Waals surface area contributed by atoms with Gasteiger partial charge in [0.2, 0.25) is 0 Å². The highest BCUT2D eigenvalue weighted by atomic mass is 16.6. The molecule has 0 aromatic carbocycles. The number of rotatable bonds is 43. The van der Waals surface area contributed by atoms with Crippen LogP contribution in [0.25, 0.3) is 0 Å². The zero-order chi connectivity index (χ0) is 44.4. The van der Waals surface area contributed by atoms with Crippen molar-refractivity contribution in [2.24, 2.45) is 0 Å². The van der Waals surface area contributed by atoms with E-state index in [1.165, 1.54) is 51.4 Å². The molecule has 61 heavy (non-hydrogen) atoms. The lowest BCUT2D eigenvalue weighted by Gasteiger charge is -2.18. The first-order chi connectivity index (χ1) is 30.0. The Labute approximate surface area is 375 Å². The molecule has 0 heterocycles. The highest BCUT2D eigenvalue weighted by molar-refractivity contribution is 5.71. The average molecular weight is 847 g/mol. The minimum atomic E-state index is -0.806. The molecule has 0 aromatic rings. The molecule has 0 bridgehead atoms. The highest BCUT2D eigenvalue weighted by Gasteiger charge is 2.19. The molecule has 1 unspecified atom stereocenters. The van der Waals surface area contributed by atoms with Gasteiger partial charge in [0.25, 0.3) is 0 Å². The predicted molar refractivity (Wildman–Crippen MR) is 260 cm³/mol. The first-order valence-electron chi connectivity index (χ1n) is 24.7. The van der Waals surface area contributed by atoms with Crippen molar-refractivity contribution in [2.75, 3.05) is 13.2 Å². The van der Waals surface area contributed by atoms with E-state index < -0.39 is 6.10 Å². The molecule has 0 aliphatic heterocycles. The zero-order valence-corrected chi connectivity index (χ0v) is 39.4. The summed E-state index contributed by atoms with van der Waals surface area (Å²) in [6.07, 6.45) is 63.9. The van der Waals surface area contributed by atoms with E-state index in [1.807, 2.05) is 0 Å². The monoisotopic (exact) mass is 847 g/mol. The molecule has 0 aliphatic carbocycles. The number of unbranched alkanes of at least 4 members (excludes halogenated alkanes) is 16. The van der Waals surface area contributed by atoms with Gasteiger partial charge in [-0.2, -0.15) is 0 Å². The van der Waals surface area contributed by atoms with Gasteiger partial charge in [0.05, 0.1) is 0 Å². The Kier molecular flexibility index (Phi) is 46.0. The number of ether oxygens (including phenoxy) is 3. The molecular formula is C55H90O6. The van der Waals surface area contributed by atoms with Gasteiger partial charge in [-0.15, -0.1) is 0 Å². The minimum Gasteiger partial charge on any atom is -0.462 e.